The number of ether oxygens (including phenoxy) is 1. The second kappa shape index (κ2) is 6.62. The lowest BCUT2D eigenvalue weighted by molar-refractivity contribution is 0.441. The lowest BCUT2D eigenvalue weighted by Gasteiger charge is -2.08. The van der Waals surface area contributed by atoms with Crippen LogP contribution in [-0.2, 0) is 0 Å². The number of hydrogen-bond donors (Lipinski definition) is 2. The van der Waals surface area contributed by atoms with Crippen molar-refractivity contribution < 1.29 is 4.74 Å². The quantitative estimate of drug-likeness (QED) is 0.760. The Morgan fingerprint density at radius 1 is 1.00 bits per heavy atom. The Morgan fingerprint density at radius 3 is 2.38 bits per heavy atom. The number of nitrogen functional groups attached to an aromatic ring is 1. The summed E-state index contributed by atoms with van der Waals surface area (Å²) in [7, 11) is 0. The summed E-state index contributed by atoms with van der Waals surface area (Å²) in [5, 5.41) is 11.8. The number of nitriles is 1. The van der Waals surface area contributed by atoms with E-state index >= 15 is 0 Å². The minimum Gasteiger partial charge on any atom is -0.424 e. The normalized spacial score (nSPS) is 10.0. The zero-order valence-electron chi connectivity index (χ0n) is 12.9. The number of hydrogen-bond acceptors (Lipinski definition) is 7. The topological polar surface area (TPSA) is 110 Å². The molecule has 7 nitrogen and oxygen atoms in total. The van der Waals surface area contributed by atoms with Gasteiger partial charge in [0.15, 0.2) is 0 Å². The van der Waals surface area contributed by atoms with Gasteiger partial charge in [0.25, 0.3) is 0 Å². The van der Waals surface area contributed by atoms with Crippen LogP contribution in [0.3, 0.4) is 0 Å². The van der Waals surface area contributed by atoms with Gasteiger partial charge in [-0.05, 0) is 43.3 Å². The highest BCUT2D eigenvalue weighted by molar-refractivity contribution is 5.55. The van der Waals surface area contributed by atoms with E-state index < -0.39 is 0 Å². The van der Waals surface area contributed by atoms with Crippen molar-refractivity contribution in [3.63, 3.8) is 0 Å². The van der Waals surface area contributed by atoms with E-state index in [1.807, 2.05) is 31.2 Å². The smallest absolute Gasteiger partial charge is 0.328 e. The molecule has 1 aromatic heterocycles. The molecule has 0 fully saturated rings. The molecule has 0 unspecified atom stereocenters. The molecule has 2 aromatic carbocycles. The fraction of sp³-hybridized carbons (Fsp3) is 0.0588. The van der Waals surface area contributed by atoms with Crippen molar-refractivity contribution in [1.82, 2.24) is 15.0 Å². The highest BCUT2D eigenvalue weighted by atomic mass is 16.5. The first-order valence-corrected chi connectivity index (χ1v) is 7.15. The summed E-state index contributed by atoms with van der Waals surface area (Å²) >= 11 is 0. The summed E-state index contributed by atoms with van der Waals surface area (Å²) in [5.41, 5.74) is 8.13. The van der Waals surface area contributed by atoms with Gasteiger partial charge in [0.1, 0.15) is 5.75 Å². The van der Waals surface area contributed by atoms with Crippen LogP contribution < -0.4 is 15.8 Å². The van der Waals surface area contributed by atoms with Crippen LogP contribution in [0.5, 0.6) is 11.8 Å². The van der Waals surface area contributed by atoms with Crippen molar-refractivity contribution in [2.24, 2.45) is 0 Å². The highest BCUT2D eigenvalue weighted by Crippen LogP contribution is 2.21. The second-order valence-electron chi connectivity index (χ2n) is 5.03. The average molecular weight is 318 g/mol. The van der Waals surface area contributed by atoms with Crippen molar-refractivity contribution in [2.75, 3.05) is 11.1 Å². The molecule has 3 N–H and O–H groups in total. The van der Waals surface area contributed by atoms with Crippen molar-refractivity contribution >= 4 is 17.6 Å². The molecule has 0 saturated carbocycles. The number of nitrogens with one attached hydrogen (secondary N) is 1. The van der Waals surface area contributed by atoms with E-state index in [1.165, 1.54) is 0 Å². The Hall–Kier alpha value is -3.66. The third-order valence-electron chi connectivity index (χ3n) is 3.13. The predicted molar refractivity (Wildman–Crippen MR) is 89.9 cm³/mol. The first-order valence-electron chi connectivity index (χ1n) is 7.15. The summed E-state index contributed by atoms with van der Waals surface area (Å²) in [4.78, 5) is 12.2. The van der Waals surface area contributed by atoms with Crippen LogP contribution >= 0.6 is 0 Å². The fourth-order valence-electron chi connectivity index (χ4n) is 1.94. The molecule has 7 heteroatoms. The van der Waals surface area contributed by atoms with E-state index in [0.717, 1.165) is 11.3 Å². The zero-order chi connectivity index (χ0) is 16.9. The molecule has 0 spiro atoms. The van der Waals surface area contributed by atoms with Crippen LogP contribution in [0.15, 0.2) is 48.5 Å². The molecule has 0 saturated heterocycles. The number of anilines is 3. The van der Waals surface area contributed by atoms with Gasteiger partial charge in [-0.1, -0.05) is 17.7 Å². The monoisotopic (exact) mass is 318 g/mol. The van der Waals surface area contributed by atoms with Gasteiger partial charge in [-0.25, -0.2) is 0 Å². The van der Waals surface area contributed by atoms with Gasteiger partial charge in [0.05, 0.1) is 11.6 Å². The van der Waals surface area contributed by atoms with Gasteiger partial charge >= 0.3 is 6.01 Å². The zero-order valence-corrected chi connectivity index (χ0v) is 12.9. The summed E-state index contributed by atoms with van der Waals surface area (Å²) in [6, 6.07) is 16.5. The molecular formula is C17H14N6O. The maximum absolute atomic E-state index is 8.81. The number of nitrogens with zero attached hydrogens (tertiary/aromatic N) is 4. The first-order chi connectivity index (χ1) is 11.6. The van der Waals surface area contributed by atoms with Crippen molar-refractivity contribution in [2.45, 2.75) is 6.92 Å². The number of rotatable bonds is 4. The molecule has 0 bridgehead atoms. The van der Waals surface area contributed by atoms with Gasteiger partial charge in [-0.15, -0.1) is 0 Å². The predicted octanol–water partition coefficient (Wildman–Crippen LogP) is 3.17. The Labute approximate surface area is 138 Å². The van der Waals surface area contributed by atoms with Gasteiger partial charge in [0, 0.05) is 5.69 Å². The lowest BCUT2D eigenvalue weighted by atomic mass is 10.2. The van der Waals surface area contributed by atoms with Crippen molar-refractivity contribution in [3.8, 4) is 17.8 Å². The number of aryl methyl sites for hydroxylation is 1. The Bertz CT molecular complexity index is 884. The van der Waals surface area contributed by atoms with Crippen molar-refractivity contribution in [3.05, 3.63) is 59.7 Å². The van der Waals surface area contributed by atoms with E-state index in [1.54, 1.807) is 24.3 Å². The van der Waals surface area contributed by atoms with Gasteiger partial charge in [-0.3, -0.25) is 0 Å². The second-order valence-corrected chi connectivity index (χ2v) is 5.03. The highest BCUT2D eigenvalue weighted by Gasteiger charge is 2.07. The third-order valence-corrected chi connectivity index (χ3v) is 3.13. The minimum absolute atomic E-state index is 0.0447. The summed E-state index contributed by atoms with van der Waals surface area (Å²) in [6.45, 7) is 1.99. The average Bonchev–Trinajstić information content (AvgIpc) is 2.57. The molecule has 1 heterocycles. The molecule has 3 aromatic rings. The fourth-order valence-corrected chi connectivity index (χ4v) is 1.94. The molecule has 0 radical (unpaired) electrons. The summed E-state index contributed by atoms with van der Waals surface area (Å²) in [6.07, 6.45) is 0. The number of nitrogens with two attached hydrogens (primary N) is 1. The third kappa shape index (κ3) is 3.75. The molecule has 0 aliphatic rings. The summed E-state index contributed by atoms with van der Waals surface area (Å²) in [5.74, 6) is 0.910. The number of aromatic nitrogens is 3. The van der Waals surface area contributed by atoms with Crippen LogP contribution in [0.1, 0.15) is 11.1 Å². The molecular weight excluding hydrogens is 304 g/mol. The van der Waals surface area contributed by atoms with Crippen LogP contribution in [0, 0.1) is 18.3 Å². The first kappa shape index (κ1) is 15.2. The Morgan fingerprint density at radius 2 is 1.71 bits per heavy atom. The van der Waals surface area contributed by atoms with Crippen LogP contribution in [-0.4, -0.2) is 15.0 Å². The number of benzene rings is 2. The van der Waals surface area contributed by atoms with Gasteiger partial charge in [-0.2, -0.15) is 20.2 Å². The SMILES string of the molecule is Cc1ccc(Oc2nc(N)nc(Nc3ccc(C#N)cc3)n2)cc1. The van der Waals surface area contributed by atoms with E-state index in [0.29, 0.717) is 11.3 Å². The van der Waals surface area contributed by atoms with Crippen LogP contribution in [0.4, 0.5) is 17.6 Å². The molecule has 0 aliphatic carbocycles. The maximum Gasteiger partial charge on any atom is 0.328 e. The van der Waals surface area contributed by atoms with E-state index in [-0.39, 0.29) is 17.9 Å². The van der Waals surface area contributed by atoms with Crippen molar-refractivity contribution in [1.29, 1.82) is 5.26 Å². The molecule has 118 valence electrons. The molecule has 3 rings (SSSR count). The van der Waals surface area contributed by atoms with Crippen LogP contribution in [0.2, 0.25) is 0 Å². The van der Waals surface area contributed by atoms with Gasteiger partial charge < -0.3 is 15.8 Å². The largest absolute Gasteiger partial charge is 0.424 e. The molecule has 0 aliphatic heterocycles. The van der Waals surface area contributed by atoms with E-state index in [9.17, 15) is 0 Å². The van der Waals surface area contributed by atoms with E-state index in [4.69, 9.17) is 15.7 Å². The summed E-state index contributed by atoms with van der Waals surface area (Å²) < 4.78 is 5.60. The van der Waals surface area contributed by atoms with E-state index in [2.05, 4.69) is 26.3 Å². The lowest BCUT2D eigenvalue weighted by Crippen LogP contribution is -2.05. The minimum atomic E-state index is 0.0447. The standard InChI is InChI=1S/C17H14N6O/c1-11-2-8-14(9-3-11)24-17-22-15(19)21-16(23-17)20-13-6-4-12(10-18)5-7-13/h2-9H,1H3,(H3,19,20,21,22,23). The maximum atomic E-state index is 8.81. The Balaban J connectivity index is 1.80. The molecule has 0 amide bonds. The Kier molecular flexibility index (Phi) is 4.21. The van der Waals surface area contributed by atoms with Crippen LogP contribution in [0.25, 0.3) is 0 Å². The molecule has 24 heavy (non-hydrogen) atoms. The van der Waals surface area contributed by atoms with Gasteiger partial charge in [0.2, 0.25) is 11.9 Å². The molecule has 0 atom stereocenters.